The van der Waals surface area contributed by atoms with Gasteiger partial charge in [-0.25, -0.2) is 0 Å². The van der Waals surface area contributed by atoms with E-state index in [2.05, 4.69) is 31.5 Å². The Morgan fingerprint density at radius 3 is 2.96 bits per heavy atom. The van der Waals surface area contributed by atoms with Crippen LogP contribution in [-0.2, 0) is 0 Å². The van der Waals surface area contributed by atoms with Crippen LogP contribution in [0.1, 0.15) is 24.2 Å². The van der Waals surface area contributed by atoms with Crippen LogP contribution in [0.3, 0.4) is 0 Å². The number of benzene rings is 1. The molecule has 0 saturated heterocycles. The van der Waals surface area contributed by atoms with Crippen LogP contribution in [-0.4, -0.2) is 38.1 Å². The second-order valence-electron chi connectivity index (χ2n) is 6.26. The van der Waals surface area contributed by atoms with E-state index in [9.17, 15) is 4.79 Å². The third-order valence-corrected chi connectivity index (χ3v) is 4.31. The van der Waals surface area contributed by atoms with Gasteiger partial charge in [-0.2, -0.15) is 4.52 Å². The molecule has 3 aromatic rings. The smallest absolute Gasteiger partial charge is 0.260 e. The van der Waals surface area contributed by atoms with Crippen molar-refractivity contribution in [2.45, 2.75) is 19.4 Å². The summed E-state index contributed by atoms with van der Waals surface area (Å²) in [4.78, 5) is 14.8. The van der Waals surface area contributed by atoms with Gasteiger partial charge in [-0.3, -0.25) is 4.79 Å². The van der Waals surface area contributed by atoms with Crippen molar-refractivity contribution >= 4 is 33.2 Å². The molecule has 1 amide bonds. The number of hydrogen-bond acceptors (Lipinski definition) is 5. The quantitative estimate of drug-likeness (QED) is 0.641. The van der Waals surface area contributed by atoms with Crippen LogP contribution in [0, 0.1) is 0 Å². The molecule has 3 heterocycles. The molecule has 0 aliphatic carbocycles. The average Bonchev–Trinajstić information content (AvgIpc) is 2.99. The molecule has 0 saturated carbocycles. The number of anilines is 1. The number of pyridine rings is 1. The van der Waals surface area contributed by atoms with Crippen molar-refractivity contribution in [1.29, 1.82) is 0 Å². The van der Waals surface area contributed by atoms with E-state index >= 15 is 0 Å². The zero-order chi connectivity index (χ0) is 16.9. The Morgan fingerprint density at radius 2 is 2.12 bits per heavy atom. The zero-order valence-electron chi connectivity index (χ0n) is 13.1. The molecular weight excluding hydrogens is 374 g/mol. The standard InChI is InChI=1S/C16H14BrN5O2/c1-16(2)9-21(12-5-4-11(17)7-13(12)24-16)15(23)10-3-6-14-18-19-20-22(14)8-10/h3-8H,9H2,1-2H3. The van der Waals surface area contributed by atoms with Crippen molar-refractivity contribution in [2.24, 2.45) is 0 Å². The predicted octanol–water partition coefficient (Wildman–Crippen LogP) is 2.70. The van der Waals surface area contributed by atoms with Gasteiger partial charge in [0.05, 0.1) is 17.8 Å². The molecule has 4 rings (SSSR count). The summed E-state index contributed by atoms with van der Waals surface area (Å²) in [7, 11) is 0. The molecule has 24 heavy (non-hydrogen) atoms. The second-order valence-corrected chi connectivity index (χ2v) is 7.18. The summed E-state index contributed by atoms with van der Waals surface area (Å²) in [5.74, 6) is 0.560. The topological polar surface area (TPSA) is 72.6 Å². The Bertz CT molecular complexity index is 953. The Hall–Kier alpha value is -2.48. The molecule has 1 aromatic carbocycles. The largest absolute Gasteiger partial charge is 0.484 e. The molecule has 0 N–H and O–H groups in total. The Labute approximate surface area is 146 Å². The van der Waals surface area contributed by atoms with E-state index in [1.54, 1.807) is 23.2 Å². The van der Waals surface area contributed by atoms with E-state index in [0.717, 1.165) is 10.2 Å². The van der Waals surface area contributed by atoms with Crippen LogP contribution in [0.4, 0.5) is 5.69 Å². The van der Waals surface area contributed by atoms with E-state index in [1.165, 1.54) is 4.52 Å². The van der Waals surface area contributed by atoms with Gasteiger partial charge < -0.3 is 9.64 Å². The highest BCUT2D eigenvalue weighted by molar-refractivity contribution is 9.10. The summed E-state index contributed by atoms with van der Waals surface area (Å²) < 4.78 is 8.40. The molecule has 0 spiro atoms. The maximum atomic E-state index is 13.1. The Morgan fingerprint density at radius 1 is 1.29 bits per heavy atom. The molecule has 1 aliphatic rings. The van der Waals surface area contributed by atoms with E-state index in [1.807, 2.05) is 32.0 Å². The van der Waals surface area contributed by atoms with Crippen molar-refractivity contribution < 1.29 is 9.53 Å². The minimum Gasteiger partial charge on any atom is -0.484 e. The molecule has 0 radical (unpaired) electrons. The number of halogens is 1. The normalized spacial score (nSPS) is 15.9. The molecule has 7 nitrogen and oxygen atoms in total. The zero-order valence-corrected chi connectivity index (χ0v) is 14.7. The molecule has 0 unspecified atom stereocenters. The van der Waals surface area contributed by atoms with E-state index in [-0.39, 0.29) is 5.91 Å². The molecule has 0 fully saturated rings. The Balaban J connectivity index is 1.78. The van der Waals surface area contributed by atoms with Crippen LogP contribution in [0.25, 0.3) is 5.65 Å². The number of aromatic nitrogens is 4. The maximum Gasteiger partial charge on any atom is 0.260 e. The van der Waals surface area contributed by atoms with Gasteiger partial charge in [0.1, 0.15) is 11.4 Å². The molecule has 0 bridgehead atoms. The summed E-state index contributed by atoms with van der Waals surface area (Å²) in [6.45, 7) is 4.37. The van der Waals surface area contributed by atoms with Crippen molar-refractivity contribution in [1.82, 2.24) is 20.0 Å². The fourth-order valence-electron chi connectivity index (χ4n) is 2.79. The van der Waals surface area contributed by atoms with Crippen molar-refractivity contribution in [3.05, 3.63) is 46.6 Å². The summed E-state index contributed by atoms with van der Waals surface area (Å²) in [6.07, 6.45) is 1.64. The van der Waals surface area contributed by atoms with E-state index < -0.39 is 5.60 Å². The number of hydrogen-bond donors (Lipinski definition) is 0. The second kappa shape index (κ2) is 5.27. The van der Waals surface area contributed by atoms with E-state index in [0.29, 0.717) is 23.5 Å². The lowest BCUT2D eigenvalue weighted by Crippen LogP contribution is -2.49. The molecule has 1 aliphatic heterocycles. The molecule has 8 heteroatoms. The number of nitrogens with zero attached hydrogens (tertiary/aromatic N) is 5. The minimum absolute atomic E-state index is 0.118. The Kier molecular flexibility index (Phi) is 3.31. The first-order chi connectivity index (χ1) is 11.4. The fraction of sp³-hybridized carbons (Fsp3) is 0.250. The van der Waals surface area contributed by atoms with Crippen LogP contribution in [0.2, 0.25) is 0 Å². The van der Waals surface area contributed by atoms with Crippen molar-refractivity contribution in [3.63, 3.8) is 0 Å². The van der Waals surface area contributed by atoms with Gasteiger partial charge in [-0.15, -0.1) is 5.10 Å². The summed E-state index contributed by atoms with van der Waals surface area (Å²) >= 11 is 3.44. The van der Waals surface area contributed by atoms with Crippen LogP contribution in [0.5, 0.6) is 5.75 Å². The molecule has 2 aromatic heterocycles. The minimum atomic E-state index is -0.484. The van der Waals surface area contributed by atoms with Crippen molar-refractivity contribution in [3.8, 4) is 5.75 Å². The fourth-order valence-corrected chi connectivity index (χ4v) is 3.13. The first-order valence-electron chi connectivity index (χ1n) is 7.41. The number of ether oxygens (including phenoxy) is 1. The first kappa shape index (κ1) is 15.1. The lowest BCUT2D eigenvalue weighted by atomic mass is 10.0. The van der Waals surface area contributed by atoms with Crippen LogP contribution >= 0.6 is 15.9 Å². The summed E-state index contributed by atoms with van der Waals surface area (Å²) in [6, 6.07) is 9.10. The number of tetrazole rings is 1. The van der Waals surface area contributed by atoms with Gasteiger partial charge in [-0.05, 0) is 54.6 Å². The van der Waals surface area contributed by atoms with E-state index in [4.69, 9.17) is 4.74 Å². The lowest BCUT2D eigenvalue weighted by Gasteiger charge is -2.39. The lowest BCUT2D eigenvalue weighted by molar-refractivity contribution is 0.0836. The molecular formula is C16H14BrN5O2. The molecule has 0 atom stereocenters. The maximum absolute atomic E-state index is 13.1. The number of fused-ring (bicyclic) bond motifs is 2. The summed E-state index contributed by atoms with van der Waals surface area (Å²) in [5.41, 5.74) is 1.38. The molecule has 122 valence electrons. The first-order valence-corrected chi connectivity index (χ1v) is 8.20. The summed E-state index contributed by atoms with van der Waals surface area (Å²) in [5, 5.41) is 11.3. The van der Waals surface area contributed by atoms with Gasteiger partial charge in [0.15, 0.2) is 5.65 Å². The number of amides is 1. The van der Waals surface area contributed by atoms with Crippen LogP contribution in [0.15, 0.2) is 41.0 Å². The number of carbonyl (C=O) groups is 1. The van der Waals surface area contributed by atoms with Gasteiger partial charge in [0.2, 0.25) is 0 Å². The van der Waals surface area contributed by atoms with Crippen LogP contribution < -0.4 is 9.64 Å². The van der Waals surface area contributed by atoms with Gasteiger partial charge in [0.25, 0.3) is 5.91 Å². The highest BCUT2D eigenvalue weighted by Gasteiger charge is 2.35. The van der Waals surface area contributed by atoms with Gasteiger partial charge in [0, 0.05) is 10.7 Å². The average molecular weight is 388 g/mol. The third-order valence-electron chi connectivity index (χ3n) is 3.82. The van der Waals surface area contributed by atoms with Gasteiger partial charge >= 0.3 is 0 Å². The van der Waals surface area contributed by atoms with Gasteiger partial charge in [-0.1, -0.05) is 15.9 Å². The van der Waals surface area contributed by atoms with Crippen molar-refractivity contribution in [2.75, 3.05) is 11.4 Å². The predicted molar refractivity (Wildman–Crippen MR) is 91.3 cm³/mol. The number of rotatable bonds is 1. The monoisotopic (exact) mass is 387 g/mol. The SMILES string of the molecule is CC1(C)CN(C(=O)c2ccc3nnnn3c2)c2ccc(Br)cc2O1. The highest BCUT2D eigenvalue weighted by atomic mass is 79.9. The third kappa shape index (κ3) is 2.52. The highest BCUT2D eigenvalue weighted by Crippen LogP contribution is 2.39. The number of carbonyl (C=O) groups excluding carboxylic acids is 1.